The van der Waals surface area contributed by atoms with E-state index < -0.39 is 6.10 Å². The van der Waals surface area contributed by atoms with Gasteiger partial charge < -0.3 is 4.74 Å². The number of benzene rings is 1. The van der Waals surface area contributed by atoms with Crippen LogP contribution in [0.5, 0.6) is 0 Å². The van der Waals surface area contributed by atoms with Gasteiger partial charge in [0.15, 0.2) is 5.78 Å². The van der Waals surface area contributed by atoms with Gasteiger partial charge >= 0.3 is 5.97 Å². The van der Waals surface area contributed by atoms with Crippen LogP contribution in [0.4, 0.5) is 0 Å². The Bertz CT molecular complexity index is 675. The highest BCUT2D eigenvalue weighted by Gasteiger charge is 2.32. The molecule has 0 bridgehead atoms. The van der Waals surface area contributed by atoms with Crippen molar-refractivity contribution in [2.45, 2.75) is 26.0 Å². The molecule has 1 aliphatic heterocycles. The molecule has 0 amide bonds. The second-order valence-corrected chi connectivity index (χ2v) is 4.69. The maximum atomic E-state index is 12.2. The van der Waals surface area contributed by atoms with E-state index in [4.69, 9.17) is 4.74 Å². The maximum Gasteiger partial charge on any atom is 0.339 e. The third-order valence-electron chi connectivity index (χ3n) is 3.43. The van der Waals surface area contributed by atoms with Gasteiger partial charge in [0.25, 0.3) is 0 Å². The molecule has 1 aromatic carbocycles. The topological polar surface area (TPSA) is 61.2 Å². The first-order valence-corrected chi connectivity index (χ1v) is 6.54. The van der Waals surface area contributed by atoms with E-state index >= 15 is 0 Å². The van der Waals surface area contributed by atoms with Crippen molar-refractivity contribution in [3.05, 3.63) is 53.3 Å². The number of fused-ring (bicyclic) bond motifs is 1. The molecule has 0 N–H and O–H groups in total. The Kier molecular flexibility index (Phi) is 3.10. The number of hydrogen-bond donors (Lipinski definition) is 0. The van der Waals surface area contributed by atoms with Crippen LogP contribution in [0.3, 0.4) is 0 Å². The van der Waals surface area contributed by atoms with Crippen molar-refractivity contribution in [2.24, 2.45) is 0 Å². The van der Waals surface area contributed by atoms with E-state index in [0.29, 0.717) is 17.7 Å². The summed E-state index contributed by atoms with van der Waals surface area (Å²) in [4.78, 5) is 23.9. The van der Waals surface area contributed by atoms with Gasteiger partial charge in [-0.2, -0.15) is 5.10 Å². The molecule has 0 fully saturated rings. The van der Waals surface area contributed by atoms with Gasteiger partial charge in [0.1, 0.15) is 6.10 Å². The Hall–Kier alpha value is -2.43. The number of ketones is 1. The van der Waals surface area contributed by atoms with E-state index in [0.717, 1.165) is 5.56 Å². The van der Waals surface area contributed by atoms with Crippen molar-refractivity contribution in [3.8, 4) is 0 Å². The summed E-state index contributed by atoms with van der Waals surface area (Å²) in [7, 11) is 0. The van der Waals surface area contributed by atoms with E-state index in [1.807, 2.05) is 19.1 Å². The second kappa shape index (κ2) is 4.92. The lowest BCUT2D eigenvalue weighted by atomic mass is 10.00. The summed E-state index contributed by atoms with van der Waals surface area (Å²) < 4.78 is 6.97. The molecular formula is C15H14N2O3. The number of rotatable bonds is 4. The van der Waals surface area contributed by atoms with Crippen LogP contribution in [-0.2, 0) is 11.3 Å². The van der Waals surface area contributed by atoms with Crippen LogP contribution in [0.25, 0.3) is 0 Å². The van der Waals surface area contributed by atoms with Crippen molar-refractivity contribution in [2.75, 3.05) is 0 Å². The van der Waals surface area contributed by atoms with Crippen molar-refractivity contribution in [3.63, 3.8) is 0 Å². The zero-order valence-electron chi connectivity index (χ0n) is 11.1. The summed E-state index contributed by atoms with van der Waals surface area (Å²) in [5, 5.41) is 4.08. The van der Waals surface area contributed by atoms with Crippen molar-refractivity contribution >= 4 is 11.8 Å². The monoisotopic (exact) mass is 270 g/mol. The van der Waals surface area contributed by atoms with Crippen LogP contribution in [0.2, 0.25) is 0 Å². The lowest BCUT2D eigenvalue weighted by Crippen LogP contribution is -2.07. The third-order valence-corrected chi connectivity index (χ3v) is 3.43. The van der Waals surface area contributed by atoms with Crippen molar-refractivity contribution in [1.82, 2.24) is 9.78 Å². The van der Waals surface area contributed by atoms with Crippen LogP contribution in [0.15, 0.2) is 36.7 Å². The van der Waals surface area contributed by atoms with Gasteiger partial charge in [-0.25, -0.2) is 4.79 Å². The fourth-order valence-electron chi connectivity index (χ4n) is 2.34. The Morgan fingerprint density at radius 2 is 2.20 bits per heavy atom. The molecule has 0 spiro atoms. The van der Waals surface area contributed by atoms with Crippen molar-refractivity contribution in [1.29, 1.82) is 0 Å². The van der Waals surface area contributed by atoms with Gasteiger partial charge in [-0.3, -0.25) is 9.48 Å². The fourth-order valence-corrected chi connectivity index (χ4v) is 2.34. The molecule has 1 aromatic heterocycles. The molecule has 1 aliphatic rings. The van der Waals surface area contributed by atoms with Gasteiger partial charge in [0.2, 0.25) is 0 Å². The molecule has 0 unspecified atom stereocenters. The van der Waals surface area contributed by atoms with Crippen LogP contribution in [-0.4, -0.2) is 21.5 Å². The molecular weight excluding hydrogens is 256 g/mol. The smallest absolute Gasteiger partial charge is 0.339 e. The number of aryl methyl sites for hydroxylation is 1. The predicted octanol–water partition coefficient (Wildman–Crippen LogP) is 2.39. The Morgan fingerprint density at radius 3 is 2.95 bits per heavy atom. The minimum absolute atomic E-state index is 0.0702. The lowest BCUT2D eigenvalue weighted by molar-refractivity contribution is 0.0367. The van der Waals surface area contributed by atoms with Gasteiger partial charge in [-0.05, 0) is 13.0 Å². The molecule has 0 aliphatic carbocycles. The van der Waals surface area contributed by atoms with Gasteiger partial charge in [-0.15, -0.1) is 0 Å². The second-order valence-electron chi connectivity index (χ2n) is 4.69. The first-order valence-electron chi connectivity index (χ1n) is 6.54. The highest BCUT2D eigenvalue weighted by atomic mass is 16.5. The molecule has 1 atom stereocenters. The summed E-state index contributed by atoms with van der Waals surface area (Å²) >= 11 is 0. The summed E-state index contributed by atoms with van der Waals surface area (Å²) in [6.07, 6.45) is 2.92. The number of carbonyl (C=O) groups excluding carboxylic acids is 2. The molecule has 2 aromatic rings. The summed E-state index contributed by atoms with van der Waals surface area (Å²) in [5.41, 5.74) is 1.88. The fraction of sp³-hybridized carbons (Fsp3) is 0.267. The predicted molar refractivity (Wildman–Crippen MR) is 71.4 cm³/mol. The average Bonchev–Trinajstić information content (AvgIpc) is 3.05. The number of aromatic nitrogens is 2. The first kappa shape index (κ1) is 12.6. The number of nitrogens with zero attached hydrogens (tertiary/aromatic N) is 2. The van der Waals surface area contributed by atoms with Crippen molar-refractivity contribution < 1.29 is 14.3 Å². The number of ether oxygens (including phenoxy) is 1. The molecule has 0 saturated carbocycles. The number of carbonyl (C=O) groups is 2. The molecule has 0 saturated heterocycles. The number of hydrogen-bond acceptors (Lipinski definition) is 4. The minimum atomic E-state index is -0.490. The Labute approximate surface area is 116 Å². The van der Waals surface area contributed by atoms with Crippen LogP contribution in [0, 0.1) is 0 Å². The third kappa shape index (κ3) is 2.11. The zero-order valence-corrected chi connectivity index (χ0v) is 11.1. The summed E-state index contributed by atoms with van der Waals surface area (Å²) in [5.74, 6) is -0.429. The molecule has 3 rings (SSSR count). The minimum Gasteiger partial charge on any atom is -0.453 e. The van der Waals surface area contributed by atoms with Crippen LogP contribution in [0.1, 0.15) is 45.7 Å². The lowest BCUT2D eigenvalue weighted by Gasteiger charge is -2.08. The van der Waals surface area contributed by atoms with E-state index in [1.165, 1.54) is 0 Å². The molecule has 5 nitrogen and oxygen atoms in total. The van der Waals surface area contributed by atoms with Gasteiger partial charge in [-0.1, -0.05) is 18.2 Å². The molecule has 102 valence electrons. The normalized spacial score (nSPS) is 16.9. The first-order chi connectivity index (χ1) is 9.69. The van der Waals surface area contributed by atoms with Crippen LogP contribution >= 0.6 is 0 Å². The molecule has 5 heteroatoms. The SMILES string of the molecule is CCn1cc(C(=O)C[C@H]2OC(=O)c3ccccc32)cn1. The maximum absolute atomic E-state index is 12.2. The highest BCUT2D eigenvalue weighted by molar-refractivity contribution is 5.98. The van der Waals surface area contributed by atoms with E-state index in [2.05, 4.69) is 5.10 Å². The average molecular weight is 270 g/mol. The number of cyclic esters (lactones) is 1. The molecule has 2 heterocycles. The Balaban J connectivity index is 1.79. The molecule has 20 heavy (non-hydrogen) atoms. The largest absolute Gasteiger partial charge is 0.453 e. The summed E-state index contributed by atoms with van der Waals surface area (Å²) in [6.45, 7) is 2.67. The number of esters is 1. The molecule has 0 radical (unpaired) electrons. The quantitative estimate of drug-likeness (QED) is 0.632. The van der Waals surface area contributed by atoms with E-state index in [-0.39, 0.29) is 18.2 Å². The van der Waals surface area contributed by atoms with E-state index in [1.54, 1.807) is 29.2 Å². The van der Waals surface area contributed by atoms with Gasteiger partial charge in [0.05, 0.1) is 23.7 Å². The highest BCUT2D eigenvalue weighted by Crippen LogP contribution is 2.33. The summed E-state index contributed by atoms with van der Waals surface area (Å²) in [6, 6.07) is 7.17. The Morgan fingerprint density at radius 1 is 1.40 bits per heavy atom. The number of Topliss-reactive ketones (excluding diaryl/α,β-unsaturated/α-hetero) is 1. The zero-order chi connectivity index (χ0) is 14.1. The van der Waals surface area contributed by atoms with Crippen LogP contribution < -0.4 is 0 Å². The standard InChI is InChI=1S/C15H14N2O3/c1-2-17-9-10(8-16-17)13(18)7-14-11-5-3-4-6-12(11)15(19)20-14/h3-6,8-9,14H,2,7H2,1H3/t14-/m1/s1. The van der Waals surface area contributed by atoms with Gasteiger partial charge in [0, 0.05) is 18.3 Å². The van der Waals surface area contributed by atoms with E-state index in [9.17, 15) is 9.59 Å².